The minimum Gasteiger partial charge on any atom is -0.385 e. The molecule has 0 spiro atoms. The molecule has 2 aliphatic heterocycles. The lowest BCUT2D eigenvalue weighted by molar-refractivity contribution is 0.0290. The second-order valence-corrected chi connectivity index (χ2v) is 8.02. The van der Waals surface area contributed by atoms with Crippen LogP contribution in [-0.2, 0) is 22.4 Å². The number of nitrogens with zero attached hydrogens (tertiary/aromatic N) is 4. The van der Waals surface area contributed by atoms with Crippen LogP contribution in [0, 0.1) is 6.92 Å². The van der Waals surface area contributed by atoms with Crippen LogP contribution >= 0.6 is 0 Å². The number of carbonyl (C=O) groups excluding carboxylic acids is 1. The van der Waals surface area contributed by atoms with Crippen molar-refractivity contribution < 1.29 is 14.3 Å². The van der Waals surface area contributed by atoms with Gasteiger partial charge in [0.15, 0.2) is 5.69 Å². The van der Waals surface area contributed by atoms with Crippen molar-refractivity contribution in [2.45, 2.75) is 45.2 Å². The molecule has 2 aromatic rings. The van der Waals surface area contributed by atoms with Gasteiger partial charge in [0.05, 0.1) is 11.4 Å². The summed E-state index contributed by atoms with van der Waals surface area (Å²) in [4.78, 5) is 15.1. The largest absolute Gasteiger partial charge is 0.385 e. The van der Waals surface area contributed by atoms with Gasteiger partial charge in [0.25, 0.3) is 5.91 Å². The van der Waals surface area contributed by atoms with E-state index in [4.69, 9.17) is 9.47 Å². The van der Waals surface area contributed by atoms with E-state index in [9.17, 15) is 4.79 Å². The van der Waals surface area contributed by atoms with E-state index in [0.29, 0.717) is 24.9 Å². The van der Waals surface area contributed by atoms with Crippen molar-refractivity contribution in [3.8, 4) is 5.69 Å². The second-order valence-electron chi connectivity index (χ2n) is 8.02. The fraction of sp³-hybridized carbons (Fsp3) is 0.591. The summed E-state index contributed by atoms with van der Waals surface area (Å²) in [5, 5.41) is 11.4. The van der Waals surface area contributed by atoms with Crippen LogP contribution in [0.5, 0.6) is 0 Å². The van der Waals surface area contributed by atoms with Gasteiger partial charge in [-0.25, -0.2) is 4.68 Å². The maximum atomic E-state index is 12.5. The lowest BCUT2D eigenvalue weighted by Gasteiger charge is -2.38. The van der Waals surface area contributed by atoms with Gasteiger partial charge in [0.1, 0.15) is 0 Å². The standard InChI is InChI=1S/C22H31N5O3/c1-16-21(22(28)23-10-4-12-29-2)24-25-27(16)20-6-3-5-17-15-26(11-7-19(17)20)18-8-13-30-14-9-18/h3,5-6,18H,4,7-15H2,1-2H3,(H,23,28). The molecule has 0 bridgehead atoms. The molecule has 3 heterocycles. The van der Waals surface area contributed by atoms with Crippen LogP contribution < -0.4 is 5.32 Å². The van der Waals surface area contributed by atoms with Crippen molar-refractivity contribution in [2.75, 3.05) is 40.0 Å². The van der Waals surface area contributed by atoms with Gasteiger partial charge in [0.2, 0.25) is 0 Å². The van der Waals surface area contributed by atoms with Gasteiger partial charge in [-0.3, -0.25) is 9.69 Å². The molecule has 0 atom stereocenters. The molecule has 1 aromatic heterocycles. The molecule has 1 fully saturated rings. The topological polar surface area (TPSA) is 81.5 Å². The molecule has 1 saturated heterocycles. The molecule has 162 valence electrons. The van der Waals surface area contributed by atoms with E-state index < -0.39 is 0 Å². The van der Waals surface area contributed by atoms with Gasteiger partial charge >= 0.3 is 0 Å². The average molecular weight is 414 g/mol. The quantitative estimate of drug-likeness (QED) is 0.698. The van der Waals surface area contributed by atoms with Crippen LogP contribution in [0.1, 0.15) is 46.6 Å². The Morgan fingerprint density at radius 1 is 1.33 bits per heavy atom. The Bertz CT molecular complexity index is 876. The molecule has 30 heavy (non-hydrogen) atoms. The zero-order chi connectivity index (χ0) is 20.9. The monoisotopic (exact) mass is 413 g/mol. The first-order valence-corrected chi connectivity index (χ1v) is 10.8. The maximum absolute atomic E-state index is 12.5. The van der Waals surface area contributed by atoms with Gasteiger partial charge < -0.3 is 14.8 Å². The first-order valence-electron chi connectivity index (χ1n) is 10.8. The van der Waals surface area contributed by atoms with E-state index in [0.717, 1.165) is 63.4 Å². The molecule has 8 nitrogen and oxygen atoms in total. The summed E-state index contributed by atoms with van der Waals surface area (Å²) in [5.41, 5.74) is 4.82. The fourth-order valence-electron chi connectivity index (χ4n) is 4.44. The summed E-state index contributed by atoms with van der Waals surface area (Å²) < 4.78 is 12.4. The lowest BCUT2D eigenvalue weighted by Crippen LogP contribution is -2.42. The second kappa shape index (κ2) is 9.68. The van der Waals surface area contributed by atoms with Crippen molar-refractivity contribution in [2.24, 2.45) is 0 Å². The number of nitrogens with one attached hydrogen (secondary N) is 1. The first-order chi connectivity index (χ1) is 14.7. The van der Waals surface area contributed by atoms with Gasteiger partial charge in [-0.05, 0) is 49.8 Å². The molecule has 0 saturated carbocycles. The van der Waals surface area contributed by atoms with E-state index in [1.807, 2.05) is 11.6 Å². The number of hydrogen-bond acceptors (Lipinski definition) is 6. The number of rotatable bonds is 7. The fourth-order valence-corrected chi connectivity index (χ4v) is 4.44. The molecule has 2 aliphatic rings. The number of amides is 1. The molecular formula is C22H31N5O3. The van der Waals surface area contributed by atoms with Crippen molar-refractivity contribution >= 4 is 5.91 Å². The molecular weight excluding hydrogens is 382 g/mol. The number of benzene rings is 1. The molecule has 0 aliphatic carbocycles. The van der Waals surface area contributed by atoms with Crippen LogP contribution in [0.15, 0.2) is 18.2 Å². The summed E-state index contributed by atoms with van der Waals surface area (Å²) >= 11 is 0. The third-order valence-corrected chi connectivity index (χ3v) is 6.13. The van der Waals surface area contributed by atoms with E-state index in [2.05, 4.69) is 38.7 Å². The average Bonchev–Trinajstić information content (AvgIpc) is 3.17. The number of aromatic nitrogens is 3. The molecule has 1 amide bonds. The normalized spacial score (nSPS) is 17.7. The van der Waals surface area contributed by atoms with Crippen molar-refractivity contribution in [1.29, 1.82) is 0 Å². The highest BCUT2D eigenvalue weighted by molar-refractivity contribution is 5.93. The van der Waals surface area contributed by atoms with Crippen LogP contribution in [0.25, 0.3) is 5.69 Å². The number of carbonyl (C=O) groups is 1. The Labute approximate surface area is 177 Å². The molecule has 0 unspecified atom stereocenters. The van der Waals surface area contributed by atoms with Crippen LogP contribution in [0.4, 0.5) is 0 Å². The smallest absolute Gasteiger partial charge is 0.273 e. The van der Waals surface area contributed by atoms with Crippen molar-refractivity contribution in [3.63, 3.8) is 0 Å². The van der Waals surface area contributed by atoms with Crippen LogP contribution in [0.3, 0.4) is 0 Å². The number of hydrogen-bond donors (Lipinski definition) is 1. The minimum atomic E-state index is -0.189. The molecule has 4 rings (SSSR count). The third-order valence-electron chi connectivity index (χ3n) is 6.13. The predicted octanol–water partition coefficient (Wildman–Crippen LogP) is 1.88. The Morgan fingerprint density at radius 3 is 2.97 bits per heavy atom. The first kappa shape index (κ1) is 21.0. The highest BCUT2D eigenvalue weighted by Gasteiger charge is 2.27. The van der Waals surface area contributed by atoms with E-state index in [-0.39, 0.29) is 5.91 Å². The Kier molecular flexibility index (Phi) is 6.76. The number of fused-ring (bicyclic) bond motifs is 1. The minimum absolute atomic E-state index is 0.189. The lowest BCUT2D eigenvalue weighted by atomic mass is 9.95. The summed E-state index contributed by atoms with van der Waals surface area (Å²) in [6, 6.07) is 6.97. The predicted molar refractivity (Wildman–Crippen MR) is 113 cm³/mol. The zero-order valence-corrected chi connectivity index (χ0v) is 17.9. The van der Waals surface area contributed by atoms with Gasteiger partial charge in [-0.15, -0.1) is 5.10 Å². The van der Waals surface area contributed by atoms with E-state index in [1.54, 1.807) is 7.11 Å². The molecule has 1 N–H and O–H groups in total. The highest BCUT2D eigenvalue weighted by Crippen LogP contribution is 2.29. The summed E-state index contributed by atoms with van der Waals surface area (Å²) in [7, 11) is 1.65. The molecule has 0 radical (unpaired) electrons. The van der Waals surface area contributed by atoms with Crippen molar-refractivity contribution in [1.82, 2.24) is 25.2 Å². The zero-order valence-electron chi connectivity index (χ0n) is 17.9. The van der Waals surface area contributed by atoms with E-state index in [1.165, 1.54) is 11.1 Å². The SMILES string of the molecule is COCCCNC(=O)c1nnn(-c2cccc3c2CCN(C2CCOCC2)C3)c1C. The Morgan fingerprint density at radius 2 is 2.17 bits per heavy atom. The van der Waals surface area contributed by atoms with Crippen LogP contribution in [-0.4, -0.2) is 71.9 Å². The maximum Gasteiger partial charge on any atom is 0.273 e. The molecule has 1 aromatic carbocycles. The van der Waals surface area contributed by atoms with Gasteiger partial charge in [-0.2, -0.15) is 0 Å². The summed E-state index contributed by atoms with van der Waals surface area (Å²) in [6.45, 7) is 6.80. The van der Waals surface area contributed by atoms with E-state index >= 15 is 0 Å². The highest BCUT2D eigenvalue weighted by atomic mass is 16.5. The summed E-state index contributed by atoms with van der Waals surface area (Å²) in [5.74, 6) is -0.189. The molecule has 8 heteroatoms. The van der Waals surface area contributed by atoms with Gasteiger partial charge in [0, 0.05) is 52.6 Å². The Balaban J connectivity index is 1.51. The third kappa shape index (κ3) is 4.40. The Hall–Kier alpha value is -2.29. The summed E-state index contributed by atoms with van der Waals surface area (Å²) in [6.07, 6.45) is 3.96. The van der Waals surface area contributed by atoms with Crippen molar-refractivity contribution in [3.05, 3.63) is 40.7 Å². The van der Waals surface area contributed by atoms with Gasteiger partial charge in [-0.1, -0.05) is 17.3 Å². The van der Waals surface area contributed by atoms with Crippen LogP contribution in [0.2, 0.25) is 0 Å². The number of ether oxygens (including phenoxy) is 2. The number of methoxy groups -OCH3 is 1.